The largest absolute Gasteiger partial charge is 0.395 e. The average molecular weight is 252 g/mol. The van der Waals surface area contributed by atoms with Gasteiger partial charge in [0.25, 0.3) is 5.91 Å². The van der Waals surface area contributed by atoms with Crippen molar-refractivity contribution in [2.75, 3.05) is 18.9 Å². The van der Waals surface area contributed by atoms with Crippen molar-refractivity contribution in [2.45, 2.75) is 39.3 Å². The highest BCUT2D eigenvalue weighted by Gasteiger charge is 2.35. The van der Waals surface area contributed by atoms with E-state index >= 15 is 0 Å². The normalized spacial score (nSPS) is 14.8. The molecule has 1 amide bonds. The molecule has 6 nitrogen and oxygen atoms in total. The average Bonchev–Trinajstić information content (AvgIpc) is 3.14. The van der Waals surface area contributed by atoms with E-state index in [9.17, 15) is 4.79 Å². The Balaban J connectivity index is 2.31. The van der Waals surface area contributed by atoms with Crippen LogP contribution in [0.2, 0.25) is 0 Å². The number of rotatable bonds is 5. The quantitative estimate of drug-likeness (QED) is 0.794. The topological polar surface area (TPSA) is 84.4 Å². The first-order valence-corrected chi connectivity index (χ1v) is 6.34. The van der Waals surface area contributed by atoms with E-state index in [4.69, 9.17) is 10.8 Å². The third-order valence-corrected chi connectivity index (χ3v) is 3.27. The van der Waals surface area contributed by atoms with Crippen molar-refractivity contribution in [2.24, 2.45) is 0 Å². The molecule has 1 heterocycles. The van der Waals surface area contributed by atoms with E-state index in [1.54, 1.807) is 16.5 Å². The van der Waals surface area contributed by atoms with Crippen molar-refractivity contribution < 1.29 is 9.90 Å². The highest BCUT2D eigenvalue weighted by atomic mass is 16.3. The number of aliphatic hydroxyl groups is 1. The number of carbonyl (C=O) groups excluding carboxylic acids is 1. The van der Waals surface area contributed by atoms with Gasteiger partial charge in [0.2, 0.25) is 0 Å². The van der Waals surface area contributed by atoms with Crippen LogP contribution in [0.1, 0.15) is 35.9 Å². The van der Waals surface area contributed by atoms with Crippen LogP contribution in [0.4, 0.5) is 5.69 Å². The molecule has 1 aliphatic carbocycles. The number of aryl methyl sites for hydroxylation is 2. The van der Waals surface area contributed by atoms with E-state index in [-0.39, 0.29) is 18.6 Å². The van der Waals surface area contributed by atoms with E-state index in [1.807, 2.05) is 6.92 Å². The van der Waals surface area contributed by atoms with Gasteiger partial charge in [-0.25, -0.2) is 0 Å². The van der Waals surface area contributed by atoms with Gasteiger partial charge >= 0.3 is 0 Å². The van der Waals surface area contributed by atoms with Crippen molar-refractivity contribution in [3.63, 3.8) is 0 Å². The molecule has 6 heteroatoms. The van der Waals surface area contributed by atoms with E-state index in [2.05, 4.69) is 5.10 Å². The van der Waals surface area contributed by atoms with Crippen molar-refractivity contribution in [1.29, 1.82) is 0 Å². The van der Waals surface area contributed by atoms with Gasteiger partial charge in [0.1, 0.15) is 5.69 Å². The summed E-state index contributed by atoms with van der Waals surface area (Å²) < 4.78 is 1.64. The molecule has 0 bridgehead atoms. The van der Waals surface area contributed by atoms with Gasteiger partial charge in [0.05, 0.1) is 18.0 Å². The summed E-state index contributed by atoms with van der Waals surface area (Å²) in [6.07, 6.45) is 2.01. The minimum Gasteiger partial charge on any atom is -0.395 e. The summed E-state index contributed by atoms with van der Waals surface area (Å²) in [4.78, 5) is 14.2. The second-order valence-corrected chi connectivity index (χ2v) is 4.62. The molecule has 0 saturated heterocycles. The number of carbonyl (C=O) groups is 1. The number of aromatic nitrogens is 2. The Morgan fingerprint density at radius 3 is 2.78 bits per heavy atom. The number of nitrogens with two attached hydrogens (primary N) is 1. The summed E-state index contributed by atoms with van der Waals surface area (Å²) in [6.45, 7) is 4.66. The van der Waals surface area contributed by atoms with Gasteiger partial charge < -0.3 is 15.7 Å². The second-order valence-electron chi connectivity index (χ2n) is 4.62. The molecule has 0 atom stereocenters. The molecule has 1 aromatic rings. The lowest BCUT2D eigenvalue weighted by Gasteiger charge is -2.21. The first-order chi connectivity index (χ1) is 8.60. The first kappa shape index (κ1) is 12.9. The standard InChI is InChI=1S/C12H20N4O2/c1-3-16-11(10(13)8(2)14-16)12(18)15(6-7-17)9-4-5-9/h9,17H,3-7,13H2,1-2H3. The van der Waals surface area contributed by atoms with E-state index in [0.29, 0.717) is 30.2 Å². The van der Waals surface area contributed by atoms with E-state index in [1.165, 1.54) is 0 Å². The zero-order valence-electron chi connectivity index (χ0n) is 10.9. The maximum Gasteiger partial charge on any atom is 0.274 e. The van der Waals surface area contributed by atoms with Crippen molar-refractivity contribution in [3.05, 3.63) is 11.4 Å². The van der Waals surface area contributed by atoms with Crippen LogP contribution in [0.25, 0.3) is 0 Å². The van der Waals surface area contributed by atoms with Gasteiger partial charge in [0, 0.05) is 19.1 Å². The van der Waals surface area contributed by atoms with Crippen LogP contribution in [-0.4, -0.2) is 44.9 Å². The van der Waals surface area contributed by atoms with Crippen molar-refractivity contribution >= 4 is 11.6 Å². The zero-order chi connectivity index (χ0) is 13.3. The first-order valence-electron chi connectivity index (χ1n) is 6.34. The van der Waals surface area contributed by atoms with Gasteiger partial charge in [-0.05, 0) is 26.7 Å². The molecule has 1 saturated carbocycles. The lowest BCUT2D eigenvalue weighted by atomic mass is 10.2. The van der Waals surface area contributed by atoms with E-state index < -0.39 is 0 Å². The van der Waals surface area contributed by atoms with E-state index in [0.717, 1.165) is 12.8 Å². The molecule has 0 spiro atoms. The zero-order valence-corrected chi connectivity index (χ0v) is 10.9. The van der Waals surface area contributed by atoms with Gasteiger partial charge in [-0.2, -0.15) is 5.10 Å². The van der Waals surface area contributed by atoms with Crippen LogP contribution < -0.4 is 5.73 Å². The predicted octanol–water partition coefficient (Wildman–Crippen LogP) is 0.391. The van der Waals surface area contributed by atoms with Gasteiger partial charge in [0.15, 0.2) is 0 Å². The predicted molar refractivity (Wildman–Crippen MR) is 68.2 cm³/mol. The van der Waals surface area contributed by atoms with Crippen LogP contribution in [0.5, 0.6) is 0 Å². The summed E-state index contributed by atoms with van der Waals surface area (Å²) in [5.41, 5.74) is 7.53. The fourth-order valence-corrected chi connectivity index (χ4v) is 2.13. The summed E-state index contributed by atoms with van der Waals surface area (Å²) in [5.74, 6) is -0.119. The molecular weight excluding hydrogens is 232 g/mol. The fourth-order valence-electron chi connectivity index (χ4n) is 2.13. The van der Waals surface area contributed by atoms with Crippen LogP contribution >= 0.6 is 0 Å². The molecule has 1 fully saturated rings. The highest BCUT2D eigenvalue weighted by Crippen LogP contribution is 2.29. The highest BCUT2D eigenvalue weighted by molar-refractivity contribution is 5.98. The Labute approximate surface area is 106 Å². The maximum atomic E-state index is 12.5. The molecule has 0 aliphatic heterocycles. The molecule has 1 aromatic heterocycles. The van der Waals surface area contributed by atoms with Gasteiger partial charge in [-0.1, -0.05) is 0 Å². The Bertz CT molecular complexity index is 451. The monoisotopic (exact) mass is 252 g/mol. The van der Waals surface area contributed by atoms with Gasteiger partial charge in [-0.3, -0.25) is 9.48 Å². The number of hydrogen-bond donors (Lipinski definition) is 2. The summed E-state index contributed by atoms with van der Waals surface area (Å²) in [6, 6.07) is 0.254. The van der Waals surface area contributed by atoms with Crippen molar-refractivity contribution in [1.82, 2.24) is 14.7 Å². The Kier molecular flexibility index (Phi) is 3.56. The number of amides is 1. The maximum absolute atomic E-state index is 12.5. The number of nitrogen functional groups attached to an aromatic ring is 1. The third kappa shape index (κ3) is 2.20. The van der Waals surface area contributed by atoms with Crippen molar-refractivity contribution in [3.8, 4) is 0 Å². The summed E-state index contributed by atoms with van der Waals surface area (Å²) in [5, 5.41) is 13.3. The molecule has 2 rings (SSSR count). The lowest BCUT2D eigenvalue weighted by molar-refractivity contribution is 0.0696. The SMILES string of the molecule is CCn1nc(C)c(N)c1C(=O)N(CCO)C1CC1. The van der Waals surface area contributed by atoms with Gasteiger partial charge in [-0.15, -0.1) is 0 Å². The Morgan fingerprint density at radius 2 is 2.28 bits per heavy atom. The Morgan fingerprint density at radius 1 is 1.61 bits per heavy atom. The number of anilines is 1. The molecule has 0 unspecified atom stereocenters. The third-order valence-electron chi connectivity index (χ3n) is 3.27. The molecule has 0 radical (unpaired) electrons. The smallest absolute Gasteiger partial charge is 0.274 e. The molecular formula is C12H20N4O2. The number of nitrogens with zero attached hydrogens (tertiary/aromatic N) is 3. The molecule has 3 N–H and O–H groups in total. The van der Waals surface area contributed by atoms with Crippen LogP contribution in [0, 0.1) is 6.92 Å². The minimum absolute atomic E-state index is 0.0264. The van der Waals surface area contributed by atoms with Crippen LogP contribution in [0.3, 0.4) is 0 Å². The number of aliphatic hydroxyl groups excluding tert-OH is 1. The van der Waals surface area contributed by atoms with Crippen LogP contribution in [-0.2, 0) is 6.54 Å². The molecule has 18 heavy (non-hydrogen) atoms. The number of hydrogen-bond acceptors (Lipinski definition) is 4. The lowest BCUT2D eigenvalue weighted by Crippen LogP contribution is -2.37. The summed E-state index contributed by atoms with van der Waals surface area (Å²) in [7, 11) is 0. The van der Waals surface area contributed by atoms with Crippen LogP contribution in [0.15, 0.2) is 0 Å². The fraction of sp³-hybridized carbons (Fsp3) is 0.667. The molecule has 0 aromatic carbocycles. The summed E-state index contributed by atoms with van der Waals surface area (Å²) >= 11 is 0. The minimum atomic E-state index is -0.119. The Hall–Kier alpha value is -1.56. The molecule has 100 valence electrons. The molecule has 1 aliphatic rings. The second kappa shape index (κ2) is 4.97.